The van der Waals surface area contributed by atoms with Crippen molar-refractivity contribution in [2.45, 2.75) is 71.1 Å². The monoisotopic (exact) mass is 884 g/mol. The molecule has 4 aromatic carbocycles. The van der Waals surface area contributed by atoms with Crippen LogP contribution < -0.4 is 20.3 Å². The van der Waals surface area contributed by atoms with Crippen molar-refractivity contribution in [3.63, 3.8) is 0 Å². The van der Waals surface area contributed by atoms with Crippen molar-refractivity contribution in [2.75, 3.05) is 31.6 Å². The number of ether oxygens (including phenoxy) is 2. The highest BCUT2D eigenvalue weighted by atomic mass is 16.6. The topological polar surface area (TPSA) is 226 Å². The molecule has 0 spiro atoms. The van der Waals surface area contributed by atoms with Gasteiger partial charge >= 0.3 is 6.09 Å². The molecule has 65 heavy (non-hydrogen) atoms. The van der Waals surface area contributed by atoms with Gasteiger partial charge in [-0.2, -0.15) is 0 Å². The molecule has 3 aliphatic heterocycles. The van der Waals surface area contributed by atoms with Crippen LogP contribution >= 0.6 is 0 Å². The Bertz CT molecular complexity index is 2690. The lowest BCUT2D eigenvalue weighted by Gasteiger charge is -2.33. The number of phenols is 2. The number of hydrogen-bond acceptors (Lipinski definition) is 12. The van der Waals surface area contributed by atoms with Crippen LogP contribution in [0, 0.1) is 0 Å². The van der Waals surface area contributed by atoms with Crippen LogP contribution in [-0.4, -0.2) is 109 Å². The summed E-state index contributed by atoms with van der Waals surface area (Å²) in [4.78, 5) is 82.0. The van der Waals surface area contributed by atoms with Gasteiger partial charge in [0.25, 0.3) is 17.7 Å². The lowest BCUT2D eigenvalue weighted by molar-refractivity contribution is -0.136. The minimum atomic E-state index is -0.780. The van der Waals surface area contributed by atoms with Gasteiger partial charge in [-0.15, -0.1) is 10.2 Å². The van der Waals surface area contributed by atoms with Crippen LogP contribution in [0.3, 0.4) is 0 Å². The van der Waals surface area contributed by atoms with Crippen LogP contribution in [0.4, 0.5) is 10.5 Å². The highest BCUT2D eigenvalue weighted by molar-refractivity contribution is 6.06. The van der Waals surface area contributed by atoms with Crippen molar-refractivity contribution in [1.82, 2.24) is 35.2 Å². The van der Waals surface area contributed by atoms with Gasteiger partial charge in [0, 0.05) is 80.9 Å². The maximum absolute atomic E-state index is 13.5. The van der Waals surface area contributed by atoms with Gasteiger partial charge in [0.1, 0.15) is 35.1 Å². The molecule has 4 N–H and O–H groups in total. The van der Waals surface area contributed by atoms with E-state index in [1.54, 1.807) is 91.7 Å². The molecule has 18 heteroatoms. The number of benzene rings is 4. The van der Waals surface area contributed by atoms with Crippen LogP contribution in [0.25, 0.3) is 17.1 Å². The smallest absolute Gasteiger partial charge is 0.414 e. The maximum atomic E-state index is 13.5. The van der Waals surface area contributed by atoms with E-state index >= 15 is 0 Å². The first-order chi connectivity index (χ1) is 31.2. The number of nitrogens with zero attached hydrogens (tertiary/aromatic N) is 6. The van der Waals surface area contributed by atoms with E-state index in [1.807, 2.05) is 13.8 Å². The van der Waals surface area contributed by atoms with Gasteiger partial charge in [0.15, 0.2) is 5.82 Å². The predicted molar refractivity (Wildman–Crippen MR) is 235 cm³/mol. The molecule has 4 heterocycles. The zero-order valence-corrected chi connectivity index (χ0v) is 36.2. The highest BCUT2D eigenvalue weighted by Crippen LogP contribution is 2.39. The number of fused-ring (bicyclic) bond motifs is 1. The molecule has 1 unspecified atom stereocenters. The molecule has 336 valence electrons. The van der Waals surface area contributed by atoms with Gasteiger partial charge in [0.2, 0.25) is 17.6 Å². The molecule has 8 rings (SSSR count). The maximum Gasteiger partial charge on any atom is 0.414 e. The third-order valence-electron chi connectivity index (χ3n) is 11.8. The van der Waals surface area contributed by atoms with E-state index in [-0.39, 0.29) is 71.7 Å². The van der Waals surface area contributed by atoms with E-state index in [9.17, 15) is 39.0 Å². The van der Waals surface area contributed by atoms with Crippen LogP contribution in [0.1, 0.15) is 94.8 Å². The third kappa shape index (κ3) is 8.78. The zero-order chi connectivity index (χ0) is 46.1. The fraction of sp³-hybridized carbons (Fsp3) is 0.319. The molecule has 18 nitrogen and oxygen atoms in total. The Hall–Kier alpha value is -7.76. The van der Waals surface area contributed by atoms with E-state index in [4.69, 9.17) is 9.47 Å². The number of imide groups is 1. The van der Waals surface area contributed by atoms with Crippen molar-refractivity contribution in [3.05, 3.63) is 107 Å². The Morgan fingerprint density at radius 3 is 2.25 bits per heavy atom. The number of piperidine rings is 2. The van der Waals surface area contributed by atoms with Crippen LogP contribution in [0.2, 0.25) is 0 Å². The summed E-state index contributed by atoms with van der Waals surface area (Å²) in [5.41, 5.74) is 3.31. The molecule has 6 amide bonds. The number of aromatic nitrogens is 3. The van der Waals surface area contributed by atoms with Crippen molar-refractivity contribution in [1.29, 1.82) is 0 Å². The predicted octanol–water partition coefficient (Wildman–Crippen LogP) is 5.65. The molecule has 2 saturated heterocycles. The van der Waals surface area contributed by atoms with Gasteiger partial charge in [-0.25, -0.2) is 4.79 Å². The number of phenolic OH excluding ortho intramolecular Hbond substituents is 2. The summed E-state index contributed by atoms with van der Waals surface area (Å²) in [6, 6.07) is 20.7. The second-order valence-electron chi connectivity index (χ2n) is 16.4. The largest absolute Gasteiger partial charge is 0.508 e. The average molecular weight is 885 g/mol. The summed E-state index contributed by atoms with van der Waals surface area (Å²) in [7, 11) is 1.56. The number of anilines is 1. The lowest BCUT2D eigenvalue weighted by Crippen LogP contribution is -2.52. The number of rotatable bonds is 11. The molecule has 5 aromatic rings. The van der Waals surface area contributed by atoms with Crippen molar-refractivity contribution >= 4 is 41.3 Å². The van der Waals surface area contributed by atoms with Crippen molar-refractivity contribution < 1.29 is 48.5 Å². The zero-order valence-electron chi connectivity index (χ0n) is 36.2. The summed E-state index contributed by atoms with van der Waals surface area (Å²) >= 11 is 0. The van der Waals surface area contributed by atoms with Crippen molar-refractivity contribution in [3.8, 4) is 40.1 Å². The quantitative estimate of drug-likeness (QED) is 0.118. The first-order valence-electron chi connectivity index (χ1n) is 21.4. The van der Waals surface area contributed by atoms with Gasteiger partial charge in [-0.05, 0) is 91.6 Å². The number of hydrogen-bond donors (Lipinski definition) is 4. The van der Waals surface area contributed by atoms with Gasteiger partial charge in [0.05, 0.1) is 11.3 Å². The molecule has 1 aromatic heterocycles. The van der Waals surface area contributed by atoms with E-state index in [1.165, 1.54) is 20.4 Å². The van der Waals surface area contributed by atoms with E-state index in [0.717, 1.165) is 0 Å². The number of carbonyl (C=O) groups is 6. The molecule has 0 bridgehead atoms. The molecule has 1 atom stereocenters. The summed E-state index contributed by atoms with van der Waals surface area (Å²) in [6.45, 7) is 6.80. The molecular formula is C47H48N8O10. The van der Waals surface area contributed by atoms with Gasteiger partial charge < -0.3 is 34.8 Å². The normalized spacial score (nSPS) is 16.3. The number of nitrogens with one attached hydrogen (secondary N) is 2. The summed E-state index contributed by atoms with van der Waals surface area (Å²) < 4.78 is 13.5. The molecule has 0 saturated carbocycles. The first-order valence-corrected chi connectivity index (χ1v) is 21.4. The van der Waals surface area contributed by atoms with E-state index in [2.05, 4.69) is 20.8 Å². The summed E-state index contributed by atoms with van der Waals surface area (Å²) in [5.74, 6) is -1.07. The number of likely N-dealkylation sites (tertiary alicyclic amines) is 1. The fourth-order valence-corrected chi connectivity index (χ4v) is 8.35. The molecule has 2 fully saturated rings. The van der Waals surface area contributed by atoms with Crippen LogP contribution in [-0.2, 0) is 20.9 Å². The Labute approximate surface area is 373 Å². The Kier molecular flexibility index (Phi) is 12.2. The van der Waals surface area contributed by atoms with E-state index < -0.39 is 30.1 Å². The van der Waals surface area contributed by atoms with Gasteiger partial charge in [-0.3, -0.25) is 38.8 Å². The minimum Gasteiger partial charge on any atom is -0.508 e. The number of carbonyl (C=O) groups excluding carboxylic acids is 6. The highest BCUT2D eigenvalue weighted by Gasteiger charge is 2.41. The first kappa shape index (κ1) is 43.9. The SMILES string of the molecule is CCNC(=O)c1nnc(-c2cc(C(C)C)c(O)cc2O)n1-c1ccc(Oc2ccc(C(=O)N3CCC(OC(=O)N(C)c4cccc5c4CN(C4CCC(=O)NC4=O)C5=O)CC3)cc2)cc1. The Morgan fingerprint density at radius 1 is 0.892 bits per heavy atom. The minimum absolute atomic E-state index is 0.000446. The number of amides is 6. The summed E-state index contributed by atoms with van der Waals surface area (Å²) in [5, 5.41) is 34.7. The van der Waals surface area contributed by atoms with Gasteiger partial charge in [-0.1, -0.05) is 19.9 Å². The number of aromatic hydroxyl groups is 2. The van der Waals surface area contributed by atoms with Crippen LogP contribution in [0.5, 0.6) is 23.0 Å². The Balaban J connectivity index is 0.872. The fourth-order valence-electron chi connectivity index (χ4n) is 8.35. The summed E-state index contributed by atoms with van der Waals surface area (Å²) in [6.07, 6.45) is 0.163. The second kappa shape index (κ2) is 18.1. The Morgan fingerprint density at radius 2 is 1.58 bits per heavy atom. The lowest BCUT2D eigenvalue weighted by atomic mass is 9.98. The molecule has 0 aliphatic carbocycles. The average Bonchev–Trinajstić information content (AvgIpc) is 3.88. The van der Waals surface area contributed by atoms with Crippen molar-refractivity contribution in [2.24, 2.45) is 0 Å². The van der Waals surface area contributed by atoms with E-state index in [0.29, 0.717) is 77.6 Å². The standard InChI is InChI=1S/C47H48N8O10/c1-5-48-44(60)42-51-50-41(34-23-33(26(2)3)38(56)24-39(34)57)55(42)28-11-15-30(16-12-28)64-29-13-9-27(10-14-29)45(61)53-21-19-31(20-22-53)65-47(63)52(4)36-8-6-7-32-35(36)25-54(46(32)62)37-17-18-40(58)49-43(37)59/h6-16,23-24,26,31,37,56-57H,5,17-22,25H2,1-4H3,(H,48,60)(H,49,58,59). The van der Waals surface area contributed by atoms with Crippen LogP contribution in [0.15, 0.2) is 78.9 Å². The molecular weight excluding hydrogens is 837 g/mol. The third-order valence-corrected chi connectivity index (χ3v) is 11.8. The molecule has 0 radical (unpaired) electrons. The molecule has 3 aliphatic rings. The second-order valence-corrected chi connectivity index (χ2v) is 16.4.